The molecule has 2 rings (SSSR count). The van der Waals surface area contributed by atoms with Crippen LogP contribution >= 0.6 is 11.3 Å². The van der Waals surface area contributed by atoms with E-state index in [0.29, 0.717) is 17.0 Å². The van der Waals surface area contributed by atoms with Crippen LogP contribution in [0.1, 0.15) is 35.7 Å². The Morgan fingerprint density at radius 3 is 2.61 bits per heavy atom. The molecule has 0 radical (unpaired) electrons. The van der Waals surface area contributed by atoms with Gasteiger partial charge in [0.05, 0.1) is 5.56 Å². The van der Waals surface area contributed by atoms with Crippen molar-refractivity contribution in [2.45, 2.75) is 36.9 Å². The minimum absolute atomic E-state index is 0.0618. The van der Waals surface area contributed by atoms with E-state index >= 15 is 0 Å². The van der Waals surface area contributed by atoms with Crippen molar-refractivity contribution in [3.8, 4) is 0 Å². The highest BCUT2D eigenvalue weighted by molar-refractivity contribution is 7.91. The Balaban J connectivity index is 2.18. The van der Waals surface area contributed by atoms with E-state index in [2.05, 4.69) is 5.32 Å². The van der Waals surface area contributed by atoms with Crippen LogP contribution in [0.15, 0.2) is 9.59 Å². The number of sulfonamides is 1. The molecule has 1 aliphatic carbocycles. The van der Waals surface area contributed by atoms with Gasteiger partial charge in [0.25, 0.3) is 5.91 Å². The summed E-state index contributed by atoms with van der Waals surface area (Å²) in [5.74, 6) is 0.337. The Morgan fingerprint density at radius 1 is 1.56 bits per heavy atom. The molecule has 1 amide bonds. The molecule has 0 aromatic carbocycles. The normalized spacial score (nSPS) is 17.5. The molecule has 1 unspecified atom stereocenters. The van der Waals surface area contributed by atoms with Gasteiger partial charge >= 0.3 is 0 Å². The van der Waals surface area contributed by atoms with Crippen LogP contribution in [0.3, 0.4) is 0 Å². The smallest absolute Gasteiger partial charge is 0.252 e. The Morgan fingerprint density at radius 2 is 2.17 bits per heavy atom. The first-order valence-corrected chi connectivity index (χ1v) is 8.15. The van der Waals surface area contributed by atoms with Crippen molar-refractivity contribution in [1.29, 1.82) is 0 Å². The van der Waals surface area contributed by atoms with E-state index in [1.54, 1.807) is 12.3 Å². The number of carbonyl (C=O) groups excluding carboxylic acids is 1. The third-order valence-electron chi connectivity index (χ3n) is 3.18. The van der Waals surface area contributed by atoms with Crippen LogP contribution in [0.2, 0.25) is 0 Å². The SMILES string of the molecule is Cc1c(C(=O)NC(C)C2CC2)csc1S(N)(=O)=O. The zero-order valence-corrected chi connectivity index (χ0v) is 11.9. The van der Waals surface area contributed by atoms with Crippen molar-refractivity contribution in [3.05, 3.63) is 16.5 Å². The second-order valence-corrected chi connectivity index (χ2v) is 7.34. The third-order valence-corrected chi connectivity index (χ3v) is 5.87. The number of nitrogens with one attached hydrogen (secondary N) is 1. The average molecular weight is 288 g/mol. The van der Waals surface area contributed by atoms with E-state index in [0.717, 1.165) is 24.2 Å². The van der Waals surface area contributed by atoms with Crippen molar-refractivity contribution in [2.24, 2.45) is 11.1 Å². The maximum absolute atomic E-state index is 12.0. The van der Waals surface area contributed by atoms with Gasteiger partial charge in [-0.15, -0.1) is 11.3 Å². The summed E-state index contributed by atoms with van der Waals surface area (Å²) in [5.41, 5.74) is 0.833. The molecule has 0 aliphatic heterocycles. The molecule has 18 heavy (non-hydrogen) atoms. The molecule has 1 saturated carbocycles. The highest BCUT2D eigenvalue weighted by atomic mass is 32.2. The monoisotopic (exact) mass is 288 g/mol. The lowest BCUT2D eigenvalue weighted by atomic mass is 10.1. The predicted octanol–water partition coefficient (Wildman–Crippen LogP) is 1.23. The van der Waals surface area contributed by atoms with Crippen LogP contribution in [-0.2, 0) is 10.0 Å². The van der Waals surface area contributed by atoms with Crippen molar-refractivity contribution in [2.75, 3.05) is 0 Å². The Labute approximate surface area is 110 Å². The predicted molar refractivity (Wildman–Crippen MR) is 70.1 cm³/mol. The van der Waals surface area contributed by atoms with Gasteiger partial charge in [0, 0.05) is 11.4 Å². The summed E-state index contributed by atoms with van der Waals surface area (Å²) < 4.78 is 22.6. The van der Waals surface area contributed by atoms with Crippen LogP contribution < -0.4 is 10.5 Å². The number of hydrogen-bond donors (Lipinski definition) is 2. The Kier molecular flexibility index (Phi) is 3.48. The van der Waals surface area contributed by atoms with Gasteiger partial charge in [-0.2, -0.15) is 0 Å². The van der Waals surface area contributed by atoms with Crippen LogP contribution in [0.5, 0.6) is 0 Å². The molecule has 0 bridgehead atoms. The van der Waals surface area contributed by atoms with E-state index in [9.17, 15) is 13.2 Å². The lowest BCUT2D eigenvalue weighted by Gasteiger charge is -2.12. The lowest BCUT2D eigenvalue weighted by molar-refractivity contribution is 0.0935. The van der Waals surface area contributed by atoms with Crippen LogP contribution in [-0.4, -0.2) is 20.4 Å². The van der Waals surface area contributed by atoms with Gasteiger partial charge in [-0.1, -0.05) is 0 Å². The number of rotatable bonds is 4. The van der Waals surface area contributed by atoms with E-state index in [1.807, 2.05) is 6.92 Å². The topological polar surface area (TPSA) is 89.3 Å². The number of thiophene rings is 1. The first kappa shape index (κ1) is 13.5. The molecule has 1 aliphatic rings. The molecular formula is C11H16N2O3S2. The second kappa shape index (κ2) is 4.64. The molecule has 7 heteroatoms. The Bertz CT molecular complexity index is 573. The number of primary sulfonamides is 1. The van der Waals surface area contributed by atoms with Crippen molar-refractivity contribution in [1.82, 2.24) is 5.32 Å². The van der Waals surface area contributed by atoms with E-state index in [4.69, 9.17) is 5.14 Å². The molecule has 1 aromatic heterocycles. The standard InChI is InChI=1S/C11H16N2O3S2/c1-6-9(5-17-11(6)18(12,15)16)10(14)13-7(2)8-3-4-8/h5,7-8H,3-4H2,1-2H3,(H,13,14)(H2,12,15,16). The average Bonchev–Trinajstić information content (AvgIpc) is 3.00. The molecule has 5 nitrogen and oxygen atoms in total. The van der Waals surface area contributed by atoms with Crippen molar-refractivity contribution >= 4 is 27.3 Å². The Hall–Kier alpha value is -0.920. The fourth-order valence-corrected chi connectivity index (χ4v) is 3.92. The summed E-state index contributed by atoms with van der Waals surface area (Å²) in [5, 5.41) is 9.52. The third kappa shape index (κ3) is 2.73. The largest absolute Gasteiger partial charge is 0.349 e. The molecule has 3 N–H and O–H groups in total. The maximum Gasteiger partial charge on any atom is 0.252 e. The molecule has 1 fully saturated rings. The van der Waals surface area contributed by atoms with Gasteiger partial charge in [-0.25, -0.2) is 13.6 Å². The van der Waals surface area contributed by atoms with E-state index in [1.165, 1.54) is 0 Å². The second-order valence-electron chi connectivity index (χ2n) is 4.71. The fourth-order valence-electron chi connectivity index (χ4n) is 1.90. The molecule has 0 saturated heterocycles. The van der Waals surface area contributed by atoms with Crippen LogP contribution in [0.25, 0.3) is 0 Å². The summed E-state index contributed by atoms with van der Waals surface area (Å²) in [4.78, 5) is 12.0. The highest BCUT2D eigenvalue weighted by Gasteiger charge is 2.30. The van der Waals surface area contributed by atoms with E-state index < -0.39 is 10.0 Å². The minimum atomic E-state index is -3.74. The first-order valence-electron chi connectivity index (χ1n) is 5.72. The highest BCUT2D eigenvalue weighted by Crippen LogP contribution is 2.33. The number of amides is 1. The van der Waals surface area contributed by atoms with Gasteiger partial charge in [0.1, 0.15) is 4.21 Å². The summed E-state index contributed by atoms with van der Waals surface area (Å²) in [6.45, 7) is 3.57. The summed E-state index contributed by atoms with van der Waals surface area (Å²) in [6, 6.07) is 0.134. The quantitative estimate of drug-likeness (QED) is 0.873. The zero-order valence-electron chi connectivity index (χ0n) is 10.3. The van der Waals surface area contributed by atoms with Gasteiger partial charge in [0.15, 0.2) is 0 Å². The summed E-state index contributed by atoms with van der Waals surface area (Å²) in [7, 11) is -3.74. The van der Waals surface area contributed by atoms with E-state index in [-0.39, 0.29) is 16.2 Å². The summed E-state index contributed by atoms with van der Waals surface area (Å²) >= 11 is 0.989. The lowest BCUT2D eigenvalue weighted by Crippen LogP contribution is -2.34. The molecule has 1 atom stereocenters. The van der Waals surface area contributed by atoms with Gasteiger partial charge < -0.3 is 5.32 Å². The first-order chi connectivity index (χ1) is 8.30. The molecule has 1 aromatic rings. The molecule has 0 spiro atoms. The minimum Gasteiger partial charge on any atom is -0.349 e. The number of carbonyl (C=O) groups is 1. The number of nitrogens with two attached hydrogens (primary N) is 1. The van der Waals surface area contributed by atoms with Crippen LogP contribution in [0, 0.1) is 12.8 Å². The van der Waals surface area contributed by atoms with Crippen LogP contribution in [0.4, 0.5) is 0 Å². The van der Waals surface area contributed by atoms with Crippen molar-refractivity contribution in [3.63, 3.8) is 0 Å². The molecule has 100 valence electrons. The van der Waals surface area contributed by atoms with Gasteiger partial charge in [-0.05, 0) is 38.2 Å². The maximum atomic E-state index is 12.0. The zero-order chi connectivity index (χ0) is 13.5. The van der Waals surface area contributed by atoms with Gasteiger partial charge in [-0.3, -0.25) is 4.79 Å². The van der Waals surface area contributed by atoms with Gasteiger partial charge in [0.2, 0.25) is 10.0 Å². The summed E-state index contributed by atoms with van der Waals surface area (Å²) in [6.07, 6.45) is 2.29. The van der Waals surface area contributed by atoms with Crippen molar-refractivity contribution < 1.29 is 13.2 Å². The molecule has 1 heterocycles. The number of hydrogen-bond acceptors (Lipinski definition) is 4. The fraction of sp³-hybridized carbons (Fsp3) is 0.545. The molecular weight excluding hydrogens is 272 g/mol.